The van der Waals surface area contributed by atoms with E-state index in [-0.39, 0.29) is 11.8 Å². The summed E-state index contributed by atoms with van der Waals surface area (Å²) in [5.41, 5.74) is 7.65. The van der Waals surface area contributed by atoms with Crippen LogP contribution >= 0.6 is 0 Å². The number of likely N-dealkylation sites (tertiary alicyclic amines) is 1. The normalized spacial score (nSPS) is 27.5. The summed E-state index contributed by atoms with van der Waals surface area (Å²) in [6.07, 6.45) is 4.48. The van der Waals surface area contributed by atoms with E-state index in [0.29, 0.717) is 11.6 Å². The molecule has 1 aromatic heterocycles. The maximum Gasteiger partial charge on any atom is 0.227 e. The summed E-state index contributed by atoms with van der Waals surface area (Å²) in [7, 11) is 1.89. The molecular weight excluding hydrogens is 228 g/mol. The van der Waals surface area contributed by atoms with E-state index in [0.717, 1.165) is 31.7 Å². The summed E-state index contributed by atoms with van der Waals surface area (Å²) in [5, 5.41) is 0. The van der Waals surface area contributed by atoms with Crippen LogP contribution in [0.5, 0.6) is 0 Å². The highest BCUT2D eigenvalue weighted by atomic mass is 16.2. The van der Waals surface area contributed by atoms with Crippen LogP contribution in [0.2, 0.25) is 0 Å². The van der Waals surface area contributed by atoms with Gasteiger partial charge in [0.15, 0.2) is 0 Å². The molecule has 0 unspecified atom stereocenters. The number of fused-ring (bicyclic) bond motifs is 1. The zero-order chi connectivity index (χ0) is 12.7. The molecule has 18 heavy (non-hydrogen) atoms. The van der Waals surface area contributed by atoms with Gasteiger partial charge in [-0.2, -0.15) is 0 Å². The molecule has 3 heterocycles. The minimum absolute atomic E-state index is 0.135. The Balaban J connectivity index is 1.82. The second-order valence-corrected chi connectivity index (χ2v) is 5.25. The van der Waals surface area contributed by atoms with Gasteiger partial charge < -0.3 is 15.5 Å². The number of aromatic nitrogens is 1. The van der Waals surface area contributed by atoms with E-state index >= 15 is 0 Å². The molecule has 0 bridgehead atoms. The van der Waals surface area contributed by atoms with Crippen molar-refractivity contribution in [2.45, 2.75) is 6.42 Å². The molecule has 2 N–H and O–H groups in total. The molecule has 1 amide bonds. The lowest BCUT2D eigenvalue weighted by Gasteiger charge is -2.35. The summed E-state index contributed by atoms with van der Waals surface area (Å²) >= 11 is 0. The molecule has 5 heteroatoms. The molecule has 2 atom stereocenters. The van der Waals surface area contributed by atoms with Crippen LogP contribution in [0.3, 0.4) is 0 Å². The molecule has 2 aliphatic heterocycles. The third kappa shape index (κ3) is 1.70. The Bertz CT molecular complexity index is 476. The number of nitrogen functional groups attached to an aromatic ring is 1. The maximum absolute atomic E-state index is 12.1. The van der Waals surface area contributed by atoms with Gasteiger partial charge in [0.25, 0.3) is 0 Å². The number of hydrogen-bond donors (Lipinski definition) is 1. The third-order valence-corrected chi connectivity index (χ3v) is 4.13. The monoisotopic (exact) mass is 246 g/mol. The van der Waals surface area contributed by atoms with Gasteiger partial charge in [-0.25, -0.2) is 0 Å². The molecule has 1 aromatic rings. The molecule has 2 saturated heterocycles. The van der Waals surface area contributed by atoms with Gasteiger partial charge in [0.05, 0.1) is 23.5 Å². The largest absolute Gasteiger partial charge is 0.396 e. The molecule has 0 aliphatic carbocycles. The average molecular weight is 246 g/mol. The van der Waals surface area contributed by atoms with Crippen LogP contribution in [0, 0.1) is 11.8 Å². The summed E-state index contributed by atoms with van der Waals surface area (Å²) < 4.78 is 0. The van der Waals surface area contributed by atoms with E-state index in [1.165, 1.54) is 0 Å². The van der Waals surface area contributed by atoms with E-state index in [4.69, 9.17) is 5.73 Å². The Morgan fingerprint density at radius 3 is 3.06 bits per heavy atom. The number of rotatable bonds is 1. The van der Waals surface area contributed by atoms with E-state index in [9.17, 15) is 4.79 Å². The minimum atomic E-state index is 0.135. The Hall–Kier alpha value is -1.78. The molecule has 0 radical (unpaired) electrons. The van der Waals surface area contributed by atoms with Gasteiger partial charge in [-0.3, -0.25) is 9.78 Å². The van der Waals surface area contributed by atoms with Crippen molar-refractivity contribution in [1.29, 1.82) is 0 Å². The van der Waals surface area contributed by atoms with Gasteiger partial charge in [0.1, 0.15) is 0 Å². The van der Waals surface area contributed by atoms with Crippen LogP contribution in [-0.2, 0) is 4.79 Å². The fraction of sp³-hybridized carbons (Fsp3) is 0.538. The van der Waals surface area contributed by atoms with Crippen molar-refractivity contribution < 1.29 is 4.79 Å². The summed E-state index contributed by atoms with van der Waals surface area (Å²) in [6.45, 7) is 2.65. The number of hydrogen-bond acceptors (Lipinski definition) is 4. The fourth-order valence-electron chi connectivity index (χ4n) is 3.13. The Morgan fingerprint density at radius 1 is 1.44 bits per heavy atom. The lowest BCUT2D eigenvalue weighted by Crippen LogP contribution is -2.41. The van der Waals surface area contributed by atoms with Gasteiger partial charge in [-0.15, -0.1) is 0 Å². The van der Waals surface area contributed by atoms with E-state index in [2.05, 4.69) is 9.88 Å². The Kier molecular flexibility index (Phi) is 2.61. The zero-order valence-electron chi connectivity index (χ0n) is 10.5. The first-order valence-corrected chi connectivity index (χ1v) is 6.36. The molecule has 0 saturated carbocycles. The van der Waals surface area contributed by atoms with Gasteiger partial charge in [-0.1, -0.05) is 0 Å². The van der Waals surface area contributed by atoms with Crippen LogP contribution < -0.4 is 10.6 Å². The highest BCUT2D eigenvalue weighted by Gasteiger charge is 2.42. The van der Waals surface area contributed by atoms with Crippen LogP contribution in [0.1, 0.15) is 6.42 Å². The SMILES string of the molecule is CN1C[C@H]2CCN(c3ccncc3N)C[C@H]2C1=O. The number of piperidine rings is 1. The van der Waals surface area contributed by atoms with Gasteiger partial charge in [0, 0.05) is 32.9 Å². The maximum atomic E-state index is 12.1. The van der Waals surface area contributed by atoms with Crippen molar-refractivity contribution in [3.05, 3.63) is 18.5 Å². The second-order valence-electron chi connectivity index (χ2n) is 5.25. The molecule has 2 aliphatic rings. The Morgan fingerprint density at radius 2 is 2.28 bits per heavy atom. The number of nitrogens with zero attached hydrogens (tertiary/aromatic N) is 3. The lowest BCUT2D eigenvalue weighted by molar-refractivity contribution is -0.130. The quantitative estimate of drug-likeness (QED) is 0.787. The van der Waals surface area contributed by atoms with Crippen molar-refractivity contribution in [3.8, 4) is 0 Å². The van der Waals surface area contributed by atoms with E-state index in [1.54, 1.807) is 12.4 Å². The first-order valence-electron chi connectivity index (χ1n) is 6.36. The number of nitrogens with two attached hydrogens (primary N) is 1. The van der Waals surface area contributed by atoms with Gasteiger partial charge in [0.2, 0.25) is 5.91 Å². The molecule has 2 fully saturated rings. The second kappa shape index (κ2) is 4.15. The summed E-state index contributed by atoms with van der Waals surface area (Å²) in [6, 6.07) is 1.93. The van der Waals surface area contributed by atoms with E-state index in [1.807, 2.05) is 18.0 Å². The smallest absolute Gasteiger partial charge is 0.227 e. The predicted molar refractivity (Wildman–Crippen MR) is 70.1 cm³/mol. The molecule has 96 valence electrons. The standard InChI is InChI=1S/C13H18N4O/c1-16-7-9-3-5-17(8-10(9)13(16)18)12-2-4-15-6-11(12)14/h2,4,6,9-10H,3,5,7-8,14H2,1H3/t9-,10-/m1/s1. The van der Waals surface area contributed by atoms with Crippen molar-refractivity contribution in [3.63, 3.8) is 0 Å². The molecular formula is C13H18N4O. The van der Waals surface area contributed by atoms with Crippen molar-refractivity contribution >= 4 is 17.3 Å². The van der Waals surface area contributed by atoms with Crippen molar-refractivity contribution in [2.24, 2.45) is 11.8 Å². The van der Waals surface area contributed by atoms with Crippen LogP contribution in [-0.4, -0.2) is 42.5 Å². The van der Waals surface area contributed by atoms with Gasteiger partial charge >= 0.3 is 0 Å². The molecule has 3 rings (SSSR count). The first kappa shape index (κ1) is 11.3. The number of amides is 1. The number of carbonyl (C=O) groups is 1. The van der Waals surface area contributed by atoms with Crippen LogP contribution in [0.15, 0.2) is 18.5 Å². The number of anilines is 2. The zero-order valence-corrected chi connectivity index (χ0v) is 10.5. The summed E-state index contributed by atoms with van der Waals surface area (Å²) in [4.78, 5) is 20.1. The predicted octanol–water partition coefficient (Wildman–Crippen LogP) is 0.578. The fourth-order valence-corrected chi connectivity index (χ4v) is 3.13. The minimum Gasteiger partial charge on any atom is -0.396 e. The van der Waals surface area contributed by atoms with Crippen molar-refractivity contribution in [1.82, 2.24) is 9.88 Å². The van der Waals surface area contributed by atoms with Crippen LogP contribution in [0.4, 0.5) is 11.4 Å². The lowest BCUT2D eigenvalue weighted by atomic mass is 9.88. The highest BCUT2D eigenvalue weighted by molar-refractivity contribution is 5.82. The van der Waals surface area contributed by atoms with Gasteiger partial charge in [-0.05, 0) is 18.4 Å². The van der Waals surface area contributed by atoms with Crippen molar-refractivity contribution in [2.75, 3.05) is 37.3 Å². The van der Waals surface area contributed by atoms with Crippen LogP contribution in [0.25, 0.3) is 0 Å². The topological polar surface area (TPSA) is 62.5 Å². The first-order chi connectivity index (χ1) is 8.66. The summed E-state index contributed by atoms with van der Waals surface area (Å²) in [5.74, 6) is 0.926. The number of carbonyl (C=O) groups excluding carboxylic acids is 1. The molecule has 0 aromatic carbocycles. The Labute approximate surface area is 107 Å². The highest BCUT2D eigenvalue weighted by Crippen LogP contribution is 2.34. The molecule has 5 nitrogen and oxygen atoms in total. The van der Waals surface area contributed by atoms with E-state index < -0.39 is 0 Å². The molecule has 0 spiro atoms. The third-order valence-electron chi connectivity index (χ3n) is 4.13. The average Bonchev–Trinajstić information content (AvgIpc) is 2.66. The number of pyridine rings is 1.